The number of esters is 1. The maximum absolute atomic E-state index is 10.3. The van der Waals surface area contributed by atoms with E-state index >= 15 is 0 Å². The van der Waals surface area contributed by atoms with Crippen LogP contribution in [-0.2, 0) is 14.3 Å². The highest BCUT2D eigenvalue weighted by molar-refractivity contribution is 5.81. The molecule has 4 heteroatoms. The van der Waals surface area contributed by atoms with E-state index in [1.54, 1.807) is 0 Å². The van der Waals surface area contributed by atoms with Gasteiger partial charge in [-0.15, -0.1) is 0 Å². The van der Waals surface area contributed by atoms with Gasteiger partial charge in [0.2, 0.25) is 6.08 Å². The molecular formula is C6H7NO3. The van der Waals surface area contributed by atoms with Crippen LogP contribution in [0.2, 0.25) is 0 Å². The van der Waals surface area contributed by atoms with E-state index in [1.165, 1.54) is 6.08 Å². The Hall–Kier alpha value is -1.41. The number of hydrogen-bond acceptors (Lipinski definition) is 4. The average molecular weight is 141 g/mol. The average Bonchev–Trinajstić information content (AvgIpc) is 1.98. The third-order valence-electron chi connectivity index (χ3n) is 0.679. The molecular weight excluding hydrogens is 134 g/mol. The zero-order valence-corrected chi connectivity index (χ0v) is 5.37. The van der Waals surface area contributed by atoms with Crippen molar-refractivity contribution < 1.29 is 14.3 Å². The summed E-state index contributed by atoms with van der Waals surface area (Å²) in [7, 11) is 0. The summed E-state index contributed by atoms with van der Waals surface area (Å²) in [5, 5.41) is 0. The molecule has 0 radical (unpaired) electrons. The molecule has 4 nitrogen and oxygen atoms in total. The van der Waals surface area contributed by atoms with Crippen molar-refractivity contribution in [1.29, 1.82) is 0 Å². The van der Waals surface area contributed by atoms with Crippen LogP contribution in [0.1, 0.15) is 0 Å². The van der Waals surface area contributed by atoms with E-state index in [4.69, 9.17) is 0 Å². The monoisotopic (exact) mass is 141 g/mol. The number of carbonyl (C=O) groups is 1. The summed E-state index contributed by atoms with van der Waals surface area (Å²) in [5.74, 6) is -0.513. The van der Waals surface area contributed by atoms with Gasteiger partial charge in [0.05, 0.1) is 6.54 Å². The molecule has 0 heterocycles. The summed E-state index contributed by atoms with van der Waals surface area (Å²) in [6.07, 6.45) is 2.36. The van der Waals surface area contributed by atoms with Crippen molar-refractivity contribution in [1.82, 2.24) is 0 Å². The molecule has 0 saturated carbocycles. The third-order valence-corrected chi connectivity index (χ3v) is 0.679. The van der Waals surface area contributed by atoms with Gasteiger partial charge in [0.15, 0.2) is 0 Å². The molecule has 0 N–H and O–H groups in total. The van der Waals surface area contributed by atoms with E-state index in [0.717, 1.165) is 6.08 Å². The van der Waals surface area contributed by atoms with Gasteiger partial charge in [-0.3, -0.25) is 0 Å². The topological polar surface area (TPSA) is 55.7 Å². The molecule has 0 aromatic heterocycles. The molecule has 0 fully saturated rings. The first-order valence-corrected chi connectivity index (χ1v) is 2.64. The van der Waals surface area contributed by atoms with Crippen LogP contribution in [0.15, 0.2) is 17.6 Å². The number of ether oxygens (including phenoxy) is 1. The second-order valence-electron chi connectivity index (χ2n) is 1.34. The molecule has 0 aliphatic heterocycles. The lowest BCUT2D eigenvalue weighted by Crippen LogP contribution is -2.03. The fourth-order valence-corrected chi connectivity index (χ4v) is 0.296. The number of hydrogen-bond donors (Lipinski definition) is 0. The Morgan fingerprint density at radius 2 is 2.50 bits per heavy atom. The summed E-state index contributed by atoms with van der Waals surface area (Å²) in [6.45, 7) is 3.43. The summed E-state index contributed by atoms with van der Waals surface area (Å²) in [4.78, 5) is 22.9. The van der Waals surface area contributed by atoms with Crippen LogP contribution in [-0.4, -0.2) is 25.2 Å². The van der Waals surface area contributed by atoms with Crippen LogP contribution >= 0.6 is 0 Å². The summed E-state index contributed by atoms with van der Waals surface area (Å²) in [5.41, 5.74) is 0. The quantitative estimate of drug-likeness (QED) is 0.183. The molecule has 10 heavy (non-hydrogen) atoms. The molecule has 0 atom stereocenters. The van der Waals surface area contributed by atoms with E-state index in [2.05, 4.69) is 16.3 Å². The number of carbonyl (C=O) groups excluding carboxylic acids is 2. The van der Waals surface area contributed by atoms with Gasteiger partial charge in [0.1, 0.15) is 6.61 Å². The highest BCUT2D eigenvalue weighted by Gasteiger charge is 1.91. The SMILES string of the molecule is C=CC(=O)OCCN=C=O. The van der Waals surface area contributed by atoms with E-state index < -0.39 is 5.97 Å². The molecule has 0 rings (SSSR count). The minimum absolute atomic E-state index is 0.0973. The van der Waals surface area contributed by atoms with Gasteiger partial charge < -0.3 is 4.74 Å². The van der Waals surface area contributed by atoms with Crippen molar-refractivity contribution >= 4 is 12.0 Å². The Balaban J connectivity index is 3.27. The van der Waals surface area contributed by atoms with Crippen molar-refractivity contribution in [2.24, 2.45) is 4.99 Å². The Morgan fingerprint density at radius 3 is 3.00 bits per heavy atom. The predicted octanol–water partition coefficient (Wildman–Crippen LogP) is 0.0514. The zero-order valence-electron chi connectivity index (χ0n) is 5.37. The Morgan fingerprint density at radius 1 is 1.80 bits per heavy atom. The van der Waals surface area contributed by atoms with Gasteiger partial charge in [-0.25, -0.2) is 14.6 Å². The number of aliphatic imine (C=N–C) groups is 1. The van der Waals surface area contributed by atoms with Crippen LogP contribution in [0.3, 0.4) is 0 Å². The Bertz CT molecular complexity index is 170. The standard InChI is InChI=1S/C6H7NO3/c1-2-6(9)10-4-3-7-5-8/h2H,1,3-4H2. The second kappa shape index (κ2) is 5.72. The van der Waals surface area contributed by atoms with Crippen LogP contribution in [0.5, 0.6) is 0 Å². The fraction of sp³-hybridized carbons (Fsp3) is 0.333. The Labute approximate surface area is 58.2 Å². The van der Waals surface area contributed by atoms with Crippen molar-refractivity contribution in [3.05, 3.63) is 12.7 Å². The molecule has 0 amide bonds. The normalized spacial score (nSPS) is 7.60. The fourth-order valence-electron chi connectivity index (χ4n) is 0.296. The van der Waals surface area contributed by atoms with Crippen molar-refractivity contribution in [3.63, 3.8) is 0 Å². The zero-order chi connectivity index (χ0) is 7.82. The molecule has 54 valence electrons. The molecule has 0 aliphatic carbocycles. The predicted molar refractivity (Wildman–Crippen MR) is 34.1 cm³/mol. The molecule has 0 aromatic rings. The minimum Gasteiger partial charge on any atom is -0.461 e. The second-order valence-corrected chi connectivity index (χ2v) is 1.34. The lowest BCUT2D eigenvalue weighted by atomic mass is 10.6. The molecule has 0 saturated heterocycles. The van der Waals surface area contributed by atoms with Crippen LogP contribution in [0.4, 0.5) is 0 Å². The number of nitrogens with zero attached hydrogens (tertiary/aromatic N) is 1. The first kappa shape index (κ1) is 8.59. The van der Waals surface area contributed by atoms with E-state index in [-0.39, 0.29) is 13.2 Å². The largest absolute Gasteiger partial charge is 0.461 e. The lowest BCUT2D eigenvalue weighted by molar-refractivity contribution is -0.137. The maximum atomic E-state index is 10.3. The summed E-state index contributed by atoms with van der Waals surface area (Å²) in [6, 6.07) is 0. The van der Waals surface area contributed by atoms with Gasteiger partial charge >= 0.3 is 5.97 Å². The van der Waals surface area contributed by atoms with Crippen LogP contribution < -0.4 is 0 Å². The van der Waals surface area contributed by atoms with E-state index in [9.17, 15) is 9.59 Å². The highest BCUT2D eigenvalue weighted by Crippen LogP contribution is 1.78. The van der Waals surface area contributed by atoms with Gasteiger partial charge in [-0.1, -0.05) is 6.58 Å². The third kappa shape index (κ3) is 4.74. The van der Waals surface area contributed by atoms with Crippen molar-refractivity contribution in [2.75, 3.05) is 13.2 Å². The van der Waals surface area contributed by atoms with Crippen LogP contribution in [0, 0.1) is 0 Å². The smallest absolute Gasteiger partial charge is 0.330 e. The van der Waals surface area contributed by atoms with E-state index in [0.29, 0.717) is 0 Å². The van der Waals surface area contributed by atoms with Gasteiger partial charge in [0.25, 0.3) is 0 Å². The van der Waals surface area contributed by atoms with Gasteiger partial charge in [-0.05, 0) is 0 Å². The maximum Gasteiger partial charge on any atom is 0.330 e. The molecule has 0 aromatic carbocycles. The molecule has 0 unspecified atom stereocenters. The van der Waals surface area contributed by atoms with Gasteiger partial charge in [0, 0.05) is 6.08 Å². The molecule has 0 bridgehead atoms. The van der Waals surface area contributed by atoms with Crippen molar-refractivity contribution in [3.8, 4) is 0 Å². The highest BCUT2D eigenvalue weighted by atomic mass is 16.5. The first-order chi connectivity index (χ1) is 4.81. The summed E-state index contributed by atoms with van der Waals surface area (Å²) >= 11 is 0. The van der Waals surface area contributed by atoms with E-state index in [1.807, 2.05) is 0 Å². The minimum atomic E-state index is -0.513. The summed E-state index contributed by atoms with van der Waals surface area (Å²) < 4.78 is 4.46. The number of isocyanates is 1. The number of rotatable bonds is 4. The van der Waals surface area contributed by atoms with Crippen LogP contribution in [0.25, 0.3) is 0 Å². The molecule has 0 aliphatic rings. The first-order valence-electron chi connectivity index (χ1n) is 2.64. The lowest BCUT2D eigenvalue weighted by Gasteiger charge is -1.94. The molecule has 0 spiro atoms. The Kier molecular flexibility index (Phi) is 4.91. The van der Waals surface area contributed by atoms with Gasteiger partial charge in [-0.2, -0.15) is 0 Å². The van der Waals surface area contributed by atoms with Crippen molar-refractivity contribution in [2.45, 2.75) is 0 Å².